The molecular formula is C26H22ClN3O4. The molecule has 0 spiro atoms. The van der Waals surface area contributed by atoms with Gasteiger partial charge in [-0.3, -0.25) is 9.69 Å². The standard InChI is InChI=1S/C26H22ClN3O4/c1-16-23(30(26(32)33)17(2)21-10-6-7-11-22(21)27)24(34-29-16)18-12-14-20(15-13-18)28-25(31)19-8-4-3-5-9-19/h3-15,17H,1-2H3,(H,28,31)(H,32,33). The highest BCUT2D eigenvalue weighted by Gasteiger charge is 2.31. The van der Waals surface area contributed by atoms with Crippen LogP contribution in [0.3, 0.4) is 0 Å². The SMILES string of the molecule is Cc1noc(-c2ccc(NC(=O)c3ccccc3)cc2)c1N(C(=O)O)C(C)c1ccccc1Cl. The molecule has 7 nitrogen and oxygen atoms in total. The van der Waals surface area contributed by atoms with E-state index in [4.69, 9.17) is 16.1 Å². The summed E-state index contributed by atoms with van der Waals surface area (Å²) in [6.45, 7) is 3.44. The molecule has 0 aliphatic rings. The molecule has 4 aromatic rings. The van der Waals surface area contributed by atoms with Crippen LogP contribution >= 0.6 is 11.6 Å². The maximum Gasteiger partial charge on any atom is 0.412 e. The average molecular weight is 476 g/mol. The maximum absolute atomic E-state index is 12.4. The zero-order chi connectivity index (χ0) is 24.2. The van der Waals surface area contributed by atoms with Gasteiger partial charge in [0.05, 0.1) is 6.04 Å². The van der Waals surface area contributed by atoms with Gasteiger partial charge in [-0.1, -0.05) is 53.2 Å². The van der Waals surface area contributed by atoms with Gasteiger partial charge in [0.15, 0.2) is 5.76 Å². The molecule has 0 bridgehead atoms. The molecule has 2 N–H and O–H groups in total. The molecule has 1 heterocycles. The summed E-state index contributed by atoms with van der Waals surface area (Å²) in [6.07, 6.45) is -1.16. The fraction of sp³-hybridized carbons (Fsp3) is 0.115. The molecular weight excluding hydrogens is 454 g/mol. The number of hydrogen-bond donors (Lipinski definition) is 2. The topological polar surface area (TPSA) is 95.7 Å². The molecule has 0 saturated carbocycles. The Morgan fingerprint density at radius 1 is 1.00 bits per heavy atom. The molecule has 0 radical (unpaired) electrons. The Morgan fingerprint density at radius 2 is 1.65 bits per heavy atom. The second-order valence-electron chi connectivity index (χ2n) is 7.69. The van der Waals surface area contributed by atoms with Crippen molar-refractivity contribution in [3.63, 3.8) is 0 Å². The van der Waals surface area contributed by atoms with Crippen molar-refractivity contribution in [2.45, 2.75) is 19.9 Å². The molecule has 1 aromatic heterocycles. The van der Waals surface area contributed by atoms with Gasteiger partial charge >= 0.3 is 6.09 Å². The first-order valence-corrected chi connectivity index (χ1v) is 10.9. The van der Waals surface area contributed by atoms with E-state index in [1.807, 2.05) is 12.1 Å². The summed E-state index contributed by atoms with van der Waals surface area (Å²) in [5, 5.41) is 17.4. The first kappa shape index (κ1) is 23.1. The third-order valence-corrected chi connectivity index (χ3v) is 5.81. The van der Waals surface area contributed by atoms with Crippen LogP contribution < -0.4 is 10.2 Å². The summed E-state index contributed by atoms with van der Waals surface area (Å²) in [5.41, 5.74) is 3.18. The number of nitrogens with zero attached hydrogens (tertiary/aromatic N) is 2. The van der Waals surface area contributed by atoms with Crippen LogP contribution in [0.15, 0.2) is 83.4 Å². The van der Waals surface area contributed by atoms with Crippen molar-refractivity contribution >= 4 is 35.0 Å². The molecule has 4 rings (SSSR count). The zero-order valence-corrected chi connectivity index (χ0v) is 19.3. The van der Waals surface area contributed by atoms with E-state index in [1.54, 1.807) is 80.6 Å². The Bertz CT molecular complexity index is 1320. The Morgan fingerprint density at radius 3 is 2.29 bits per heavy atom. The minimum absolute atomic E-state index is 0.227. The number of carbonyl (C=O) groups is 2. The number of amides is 2. The number of rotatable bonds is 6. The van der Waals surface area contributed by atoms with Crippen LogP contribution in [0.25, 0.3) is 11.3 Å². The van der Waals surface area contributed by atoms with Gasteiger partial charge in [0.2, 0.25) is 0 Å². The highest BCUT2D eigenvalue weighted by molar-refractivity contribution is 6.31. The van der Waals surface area contributed by atoms with Gasteiger partial charge in [-0.2, -0.15) is 0 Å². The normalized spacial score (nSPS) is 11.6. The van der Waals surface area contributed by atoms with Crippen molar-refractivity contribution in [3.05, 3.63) is 101 Å². The number of hydrogen-bond acceptors (Lipinski definition) is 4. The highest BCUT2D eigenvalue weighted by Crippen LogP contribution is 2.39. The van der Waals surface area contributed by atoms with Gasteiger partial charge in [-0.05, 0) is 61.9 Å². The van der Waals surface area contributed by atoms with Crippen LogP contribution in [0.4, 0.5) is 16.2 Å². The van der Waals surface area contributed by atoms with E-state index in [0.717, 1.165) is 0 Å². The fourth-order valence-electron chi connectivity index (χ4n) is 3.74. The Balaban J connectivity index is 1.65. The van der Waals surface area contributed by atoms with Crippen LogP contribution in [0, 0.1) is 6.92 Å². The summed E-state index contributed by atoms with van der Waals surface area (Å²) in [7, 11) is 0. The first-order valence-electron chi connectivity index (χ1n) is 10.6. The molecule has 2 amide bonds. The Labute approximate surface area is 201 Å². The lowest BCUT2D eigenvalue weighted by Crippen LogP contribution is -2.33. The van der Waals surface area contributed by atoms with Crippen molar-refractivity contribution in [1.82, 2.24) is 5.16 Å². The van der Waals surface area contributed by atoms with Gasteiger partial charge < -0.3 is 14.9 Å². The lowest BCUT2D eigenvalue weighted by molar-refractivity contribution is 0.102. The second kappa shape index (κ2) is 9.80. The number of halogens is 1. The third-order valence-electron chi connectivity index (χ3n) is 5.46. The lowest BCUT2D eigenvalue weighted by atomic mass is 10.0. The number of nitrogens with one attached hydrogen (secondary N) is 1. The number of anilines is 2. The quantitative estimate of drug-likeness (QED) is 0.319. The predicted molar refractivity (Wildman–Crippen MR) is 131 cm³/mol. The monoisotopic (exact) mass is 475 g/mol. The zero-order valence-electron chi connectivity index (χ0n) is 18.5. The number of aromatic nitrogens is 1. The van der Waals surface area contributed by atoms with Gasteiger partial charge in [0.25, 0.3) is 5.91 Å². The van der Waals surface area contributed by atoms with E-state index in [9.17, 15) is 14.7 Å². The first-order chi connectivity index (χ1) is 16.4. The largest absolute Gasteiger partial charge is 0.465 e. The van der Waals surface area contributed by atoms with E-state index >= 15 is 0 Å². The Hall–Kier alpha value is -4.10. The molecule has 0 aliphatic carbocycles. The summed E-state index contributed by atoms with van der Waals surface area (Å²) < 4.78 is 5.54. The second-order valence-corrected chi connectivity index (χ2v) is 8.10. The number of aryl methyl sites for hydroxylation is 1. The lowest BCUT2D eigenvalue weighted by Gasteiger charge is -2.27. The molecule has 3 aromatic carbocycles. The van der Waals surface area contributed by atoms with Crippen molar-refractivity contribution in [3.8, 4) is 11.3 Å². The minimum Gasteiger partial charge on any atom is -0.465 e. The van der Waals surface area contributed by atoms with Crippen LogP contribution in [-0.2, 0) is 0 Å². The molecule has 0 saturated heterocycles. The summed E-state index contributed by atoms with van der Waals surface area (Å²) in [5.74, 6) is 0.0786. The summed E-state index contributed by atoms with van der Waals surface area (Å²) >= 11 is 6.34. The van der Waals surface area contributed by atoms with Crippen molar-refractivity contribution in [2.24, 2.45) is 0 Å². The van der Waals surface area contributed by atoms with E-state index in [-0.39, 0.29) is 5.91 Å². The van der Waals surface area contributed by atoms with Crippen molar-refractivity contribution < 1.29 is 19.2 Å². The number of benzene rings is 3. The van der Waals surface area contributed by atoms with Crippen LogP contribution in [-0.4, -0.2) is 22.3 Å². The van der Waals surface area contributed by atoms with E-state index in [2.05, 4.69) is 10.5 Å². The van der Waals surface area contributed by atoms with E-state index in [1.165, 1.54) is 4.90 Å². The molecule has 0 fully saturated rings. The van der Waals surface area contributed by atoms with Gasteiger partial charge in [0, 0.05) is 21.8 Å². The smallest absolute Gasteiger partial charge is 0.412 e. The molecule has 1 unspecified atom stereocenters. The molecule has 34 heavy (non-hydrogen) atoms. The maximum atomic E-state index is 12.4. The molecule has 8 heteroatoms. The van der Waals surface area contributed by atoms with Crippen LogP contribution in [0.2, 0.25) is 5.02 Å². The Kier molecular flexibility index (Phi) is 6.65. The van der Waals surface area contributed by atoms with Crippen molar-refractivity contribution in [1.29, 1.82) is 0 Å². The number of carbonyl (C=O) groups excluding carboxylic acids is 1. The van der Waals surface area contributed by atoms with Gasteiger partial charge in [0.1, 0.15) is 11.4 Å². The number of carboxylic acid groups (broad SMARTS) is 1. The third kappa shape index (κ3) is 4.65. The molecule has 1 atom stereocenters. The highest BCUT2D eigenvalue weighted by atomic mass is 35.5. The van der Waals surface area contributed by atoms with Gasteiger partial charge in [-0.25, -0.2) is 4.79 Å². The average Bonchev–Trinajstić information content (AvgIpc) is 3.21. The van der Waals surface area contributed by atoms with E-state index < -0.39 is 12.1 Å². The van der Waals surface area contributed by atoms with E-state index in [0.29, 0.717) is 44.5 Å². The van der Waals surface area contributed by atoms with Gasteiger partial charge in [-0.15, -0.1) is 0 Å². The van der Waals surface area contributed by atoms with Crippen LogP contribution in [0.1, 0.15) is 34.6 Å². The van der Waals surface area contributed by atoms with Crippen LogP contribution in [0.5, 0.6) is 0 Å². The minimum atomic E-state index is -1.16. The summed E-state index contributed by atoms with van der Waals surface area (Å²) in [6, 6.07) is 22.3. The fourth-order valence-corrected chi connectivity index (χ4v) is 4.04. The predicted octanol–water partition coefficient (Wildman–Crippen LogP) is 6.80. The summed E-state index contributed by atoms with van der Waals surface area (Å²) in [4.78, 5) is 25.9. The molecule has 0 aliphatic heterocycles. The molecule has 172 valence electrons. The van der Waals surface area contributed by atoms with Crippen molar-refractivity contribution in [2.75, 3.05) is 10.2 Å².